The van der Waals surface area contributed by atoms with E-state index in [1.807, 2.05) is 0 Å². The molecule has 0 amide bonds. The normalized spacial score (nSPS) is 27.5. The van der Waals surface area contributed by atoms with Crippen molar-refractivity contribution in [2.45, 2.75) is 44.6 Å². The van der Waals surface area contributed by atoms with Crippen molar-refractivity contribution in [3.63, 3.8) is 0 Å². The van der Waals surface area contributed by atoms with E-state index < -0.39 is 48.6 Å². The Kier molecular flexibility index (Phi) is 7.76. The van der Waals surface area contributed by atoms with Crippen LogP contribution in [0.3, 0.4) is 0 Å². The SMILES string of the molecule is CO[C@H]1O[C@H](CBr)[C@@H](OC(=O)c2ccccc2)[C@H](OC(C)=O)[C@@H]1OC(C)=O. The lowest BCUT2D eigenvalue weighted by Crippen LogP contribution is -2.62. The monoisotopic (exact) mass is 444 g/mol. The van der Waals surface area contributed by atoms with Gasteiger partial charge in [0.1, 0.15) is 6.10 Å². The molecule has 8 nitrogen and oxygen atoms in total. The van der Waals surface area contributed by atoms with Crippen LogP contribution < -0.4 is 0 Å². The van der Waals surface area contributed by atoms with Gasteiger partial charge < -0.3 is 23.7 Å². The highest BCUT2D eigenvalue weighted by molar-refractivity contribution is 9.09. The van der Waals surface area contributed by atoms with Gasteiger partial charge in [0.15, 0.2) is 24.6 Å². The van der Waals surface area contributed by atoms with Gasteiger partial charge in [0.25, 0.3) is 0 Å². The van der Waals surface area contributed by atoms with E-state index in [0.717, 1.165) is 0 Å². The lowest BCUT2D eigenvalue weighted by molar-refractivity contribution is -0.290. The van der Waals surface area contributed by atoms with E-state index in [2.05, 4.69) is 15.9 Å². The molecule has 2 rings (SSSR count). The van der Waals surface area contributed by atoms with Gasteiger partial charge in [-0.25, -0.2) is 4.79 Å². The Morgan fingerprint density at radius 1 is 0.963 bits per heavy atom. The molecule has 1 aromatic carbocycles. The molecule has 0 saturated carbocycles. The van der Waals surface area contributed by atoms with Crippen molar-refractivity contribution >= 4 is 33.8 Å². The number of benzene rings is 1. The maximum atomic E-state index is 12.5. The standard InChI is InChI=1S/C18H21BrO8/c1-10(20)24-15-14(27-17(22)12-7-5-4-6-8-12)13(9-19)26-18(23-3)16(15)25-11(2)21/h4-8,13-16,18H,9H2,1-3H3/t13-,14-,15+,16+,18+/m1/s1. The third-order valence-corrected chi connectivity index (χ3v) is 4.47. The summed E-state index contributed by atoms with van der Waals surface area (Å²) >= 11 is 3.30. The Balaban J connectivity index is 2.34. The Labute approximate surface area is 165 Å². The predicted molar refractivity (Wildman–Crippen MR) is 96.2 cm³/mol. The van der Waals surface area contributed by atoms with Gasteiger partial charge in [-0.15, -0.1) is 0 Å². The van der Waals surface area contributed by atoms with Gasteiger partial charge in [0, 0.05) is 26.3 Å². The molecule has 1 aromatic rings. The number of hydrogen-bond acceptors (Lipinski definition) is 8. The van der Waals surface area contributed by atoms with Crippen LogP contribution in [-0.2, 0) is 33.3 Å². The van der Waals surface area contributed by atoms with E-state index in [0.29, 0.717) is 5.56 Å². The average Bonchev–Trinajstić information content (AvgIpc) is 2.64. The second-order valence-corrected chi connectivity index (χ2v) is 6.46. The lowest BCUT2D eigenvalue weighted by Gasteiger charge is -2.43. The summed E-state index contributed by atoms with van der Waals surface area (Å²) in [6.07, 6.45) is -4.90. The summed E-state index contributed by atoms with van der Waals surface area (Å²) < 4.78 is 27.1. The van der Waals surface area contributed by atoms with Crippen LogP contribution in [-0.4, -0.2) is 61.1 Å². The Morgan fingerprint density at radius 2 is 1.56 bits per heavy atom. The number of hydrogen-bond donors (Lipinski definition) is 0. The molecule has 0 aliphatic carbocycles. The fourth-order valence-electron chi connectivity index (χ4n) is 2.74. The van der Waals surface area contributed by atoms with Gasteiger partial charge in [-0.2, -0.15) is 0 Å². The van der Waals surface area contributed by atoms with Crippen molar-refractivity contribution in [2.75, 3.05) is 12.4 Å². The first-order chi connectivity index (χ1) is 12.9. The highest BCUT2D eigenvalue weighted by Gasteiger charge is 2.52. The maximum Gasteiger partial charge on any atom is 0.338 e. The van der Waals surface area contributed by atoms with Crippen molar-refractivity contribution in [3.8, 4) is 0 Å². The van der Waals surface area contributed by atoms with Crippen molar-refractivity contribution in [3.05, 3.63) is 35.9 Å². The largest absolute Gasteiger partial charge is 0.454 e. The number of carbonyl (C=O) groups excluding carboxylic acids is 3. The van der Waals surface area contributed by atoms with E-state index in [-0.39, 0.29) is 5.33 Å². The molecule has 1 aliphatic heterocycles. The Morgan fingerprint density at radius 3 is 2.07 bits per heavy atom. The van der Waals surface area contributed by atoms with Crippen molar-refractivity contribution in [1.82, 2.24) is 0 Å². The summed E-state index contributed by atoms with van der Waals surface area (Å²) in [6, 6.07) is 8.35. The van der Waals surface area contributed by atoms with Crippen LogP contribution in [0, 0.1) is 0 Å². The lowest BCUT2D eigenvalue weighted by atomic mass is 9.98. The fraction of sp³-hybridized carbons (Fsp3) is 0.500. The molecule has 148 valence electrons. The summed E-state index contributed by atoms with van der Waals surface area (Å²) in [6.45, 7) is 2.42. The molecule has 27 heavy (non-hydrogen) atoms. The number of esters is 3. The number of carbonyl (C=O) groups is 3. The molecule has 1 fully saturated rings. The number of alkyl halides is 1. The van der Waals surface area contributed by atoms with Crippen LogP contribution in [0.5, 0.6) is 0 Å². The minimum absolute atomic E-state index is 0.268. The van der Waals surface area contributed by atoms with E-state index in [4.69, 9.17) is 23.7 Å². The fourth-order valence-corrected chi connectivity index (χ4v) is 3.26. The zero-order chi connectivity index (χ0) is 20.0. The van der Waals surface area contributed by atoms with Gasteiger partial charge in [-0.1, -0.05) is 34.1 Å². The summed E-state index contributed by atoms with van der Waals surface area (Å²) in [5, 5.41) is 0.268. The summed E-state index contributed by atoms with van der Waals surface area (Å²) in [5.74, 6) is -1.86. The van der Waals surface area contributed by atoms with E-state index in [1.54, 1.807) is 30.3 Å². The molecule has 0 aromatic heterocycles. The van der Waals surface area contributed by atoms with Gasteiger partial charge in [0.2, 0.25) is 0 Å². The minimum atomic E-state index is -1.10. The molecule has 0 radical (unpaired) electrons. The minimum Gasteiger partial charge on any atom is -0.454 e. The highest BCUT2D eigenvalue weighted by atomic mass is 79.9. The van der Waals surface area contributed by atoms with Crippen LogP contribution in [0.1, 0.15) is 24.2 Å². The van der Waals surface area contributed by atoms with E-state index in [9.17, 15) is 14.4 Å². The van der Waals surface area contributed by atoms with Crippen LogP contribution in [0.2, 0.25) is 0 Å². The summed E-state index contributed by atoms with van der Waals surface area (Å²) in [7, 11) is 1.37. The Bertz CT molecular complexity index is 665. The molecule has 0 unspecified atom stereocenters. The van der Waals surface area contributed by atoms with E-state index in [1.165, 1.54) is 21.0 Å². The van der Waals surface area contributed by atoms with Gasteiger partial charge in [0.05, 0.1) is 5.56 Å². The molecule has 1 heterocycles. The maximum absolute atomic E-state index is 12.5. The molecule has 0 spiro atoms. The summed E-state index contributed by atoms with van der Waals surface area (Å²) in [5.41, 5.74) is 0.324. The van der Waals surface area contributed by atoms with Gasteiger partial charge in [-0.3, -0.25) is 9.59 Å². The molecule has 0 bridgehead atoms. The number of methoxy groups -OCH3 is 1. The van der Waals surface area contributed by atoms with Crippen molar-refractivity contribution in [2.24, 2.45) is 0 Å². The number of ether oxygens (including phenoxy) is 5. The van der Waals surface area contributed by atoms with Crippen LogP contribution in [0.15, 0.2) is 30.3 Å². The van der Waals surface area contributed by atoms with Gasteiger partial charge >= 0.3 is 17.9 Å². The first-order valence-electron chi connectivity index (χ1n) is 8.22. The highest BCUT2D eigenvalue weighted by Crippen LogP contribution is 2.30. The molecular weight excluding hydrogens is 424 g/mol. The van der Waals surface area contributed by atoms with Crippen molar-refractivity contribution < 1.29 is 38.1 Å². The van der Waals surface area contributed by atoms with Crippen molar-refractivity contribution in [1.29, 1.82) is 0 Å². The van der Waals surface area contributed by atoms with Crippen LogP contribution in [0.4, 0.5) is 0 Å². The summed E-state index contributed by atoms with van der Waals surface area (Å²) in [4.78, 5) is 35.7. The molecule has 9 heteroatoms. The molecule has 1 aliphatic rings. The third kappa shape index (κ3) is 5.50. The average molecular weight is 445 g/mol. The quantitative estimate of drug-likeness (QED) is 0.372. The molecule has 0 N–H and O–H groups in total. The molecule has 1 saturated heterocycles. The first kappa shape index (κ1) is 21.3. The third-order valence-electron chi connectivity index (χ3n) is 3.83. The van der Waals surface area contributed by atoms with Crippen LogP contribution in [0.25, 0.3) is 0 Å². The second-order valence-electron chi connectivity index (χ2n) is 5.82. The molecule has 5 atom stereocenters. The predicted octanol–water partition coefficient (Wildman–Crippen LogP) is 1.84. The number of rotatable bonds is 6. The molecular formula is C18H21BrO8. The first-order valence-corrected chi connectivity index (χ1v) is 9.34. The zero-order valence-corrected chi connectivity index (χ0v) is 16.7. The number of halogens is 1. The van der Waals surface area contributed by atoms with Gasteiger partial charge in [-0.05, 0) is 12.1 Å². The Hall–Kier alpha value is -1.97. The zero-order valence-electron chi connectivity index (χ0n) is 15.1. The smallest absolute Gasteiger partial charge is 0.338 e. The second kappa shape index (κ2) is 9.82. The van der Waals surface area contributed by atoms with E-state index >= 15 is 0 Å². The van der Waals surface area contributed by atoms with Crippen LogP contribution >= 0.6 is 15.9 Å². The topological polar surface area (TPSA) is 97.4 Å².